The minimum absolute atomic E-state index is 0.242. The van der Waals surface area contributed by atoms with Gasteiger partial charge in [0.05, 0.1) is 5.69 Å². The van der Waals surface area contributed by atoms with Crippen molar-refractivity contribution < 1.29 is 4.74 Å². The average Bonchev–Trinajstić information content (AvgIpc) is 2.48. The fourth-order valence-electron chi connectivity index (χ4n) is 1.89. The Kier molecular flexibility index (Phi) is 5.19. The van der Waals surface area contributed by atoms with Crippen molar-refractivity contribution in [1.29, 1.82) is 0 Å². The second-order valence-corrected chi connectivity index (χ2v) is 5.57. The van der Waals surface area contributed by atoms with Gasteiger partial charge in [0, 0.05) is 16.3 Å². The number of benzene rings is 2. The molecule has 0 aliphatic carbocycles. The van der Waals surface area contributed by atoms with E-state index in [2.05, 4.69) is 46.8 Å². The molecule has 0 saturated carbocycles. The van der Waals surface area contributed by atoms with E-state index in [1.54, 1.807) is 6.21 Å². The van der Waals surface area contributed by atoms with Crippen molar-refractivity contribution in [2.75, 3.05) is 6.61 Å². The maximum absolute atomic E-state index is 5.54. The SMILES string of the molecule is C#CCOc1ccc(Br)cc1C=Nc1cccc(C)c1C. The number of terminal acetylenes is 1. The second-order valence-electron chi connectivity index (χ2n) is 4.65. The fraction of sp³-hybridized carbons (Fsp3) is 0.167. The summed E-state index contributed by atoms with van der Waals surface area (Å²) in [4.78, 5) is 4.57. The molecule has 0 atom stereocenters. The van der Waals surface area contributed by atoms with E-state index in [0.717, 1.165) is 21.5 Å². The highest BCUT2D eigenvalue weighted by Crippen LogP contribution is 2.24. The Morgan fingerprint density at radius 3 is 2.86 bits per heavy atom. The number of aryl methyl sites for hydroxylation is 1. The van der Waals surface area contributed by atoms with E-state index < -0.39 is 0 Å². The van der Waals surface area contributed by atoms with Crippen LogP contribution in [0.4, 0.5) is 5.69 Å². The van der Waals surface area contributed by atoms with Crippen LogP contribution in [0.3, 0.4) is 0 Å². The first-order valence-electron chi connectivity index (χ1n) is 6.58. The molecule has 0 fully saturated rings. The van der Waals surface area contributed by atoms with Crippen molar-refractivity contribution in [1.82, 2.24) is 0 Å². The molecular formula is C18H16BrNO. The van der Waals surface area contributed by atoms with E-state index >= 15 is 0 Å². The molecule has 0 bridgehead atoms. The predicted molar refractivity (Wildman–Crippen MR) is 91.6 cm³/mol. The molecular weight excluding hydrogens is 326 g/mol. The molecule has 2 aromatic rings. The molecule has 0 amide bonds. The van der Waals surface area contributed by atoms with Crippen LogP contribution in [0.25, 0.3) is 0 Å². The molecule has 0 radical (unpaired) electrons. The molecule has 21 heavy (non-hydrogen) atoms. The molecule has 2 aromatic carbocycles. The Labute approximate surface area is 134 Å². The minimum atomic E-state index is 0.242. The molecule has 0 aromatic heterocycles. The second kappa shape index (κ2) is 7.10. The minimum Gasteiger partial charge on any atom is -0.480 e. The first-order chi connectivity index (χ1) is 10.1. The maximum Gasteiger partial charge on any atom is 0.148 e. The number of halogens is 1. The highest BCUT2D eigenvalue weighted by atomic mass is 79.9. The smallest absolute Gasteiger partial charge is 0.148 e. The van der Waals surface area contributed by atoms with Gasteiger partial charge in [-0.3, -0.25) is 4.99 Å². The number of aliphatic imine (C=N–C) groups is 1. The number of rotatable bonds is 4. The molecule has 3 heteroatoms. The van der Waals surface area contributed by atoms with Crippen molar-refractivity contribution in [3.8, 4) is 18.1 Å². The Morgan fingerprint density at radius 2 is 2.10 bits per heavy atom. The van der Waals surface area contributed by atoms with Gasteiger partial charge >= 0.3 is 0 Å². The third kappa shape index (κ3) is 3.96. The fourth-order valence-corrected chi connectivity index (χ4v) is 2.26. The van der Waals surface area contributed by atoms with Crippen molar-refractivity contribution in [3.63, 3.8) is 0 Å². The van der Waals surface area contributed by atoms with Crippen LogP contribution in [-0.2, 0) is 0 Å². The van der Waals surface area contributed by atoms with Crippen molar-refractivity contribution in [2.24, 2.45) is 4.99 Å². The molecule has 0 aliphatic heterocycles. The number of nitrogens with zero attached hydrogens (tertiary/aromatic N) is 1. The average molecular weight is 342 g/mol. The molecule has 0 N–H and O–H groups in total. The lowest BCUT2D eigenvalue weighted by molar-refractivity contribution is 0.370. The molecule has 106 valence electrons. The lowest BCUT2D eigenvalue weighted by Crippen LogP contribution is -1.97. The van der Waals surface area contributed by atoms with Gasteiger partial charge in [0.2, 0.25) is 0 Å². The molecule has 2 rings (SSSR count). The zero-order valence-electron chi connectivity index (χ0n) is 12.1. The van der Waals surface area contributed by atoms with E-state index in [0.29, 0.717) is 0 Å². The van der Waals surface area contributed by atoms with E-state index in [1.165, 1.54) is 11.1 Å². The third-order valence-corrected chi connectivity index (χ3v) is 3.69. The Hall–Kier alpha value is -2.05. The standard InChI is InChI=1S/C18H16BrNO/c1-4-10-21-18-9-8-16(19)11-15(18)12-20-17-7-5-6-13(2)14(17)3/h1,5-9,11-12H,10H2,2-3H3. The highest BCUT2D eigenvalue weighted by Gasteiger charge is 2.03. The summed E-state index contributed by atoms with van der Waals surface area (Å²) in [5, 5.41) is 0. The Balaban J connectivity index is 2.34. The van der Waals surface area contributed by atoms with E-state index in [-0.39, 0.29) is 6.61 Å². The molecule has 0 aliphatic rings. The van der Waals surface area contributed by atoms with Crippen molar-refractivity contribution >= 4 is 27.8 Å². The summed E-state index contributed by atoms with van der Waals surface area (Å²) in [7, 11) is 0. The molecule has 0 unspecified atom stereocenters. The predicted octanol–water partition coefficient (Wildman–Crippen LogP) is 4.83. The maximum atomic E-state index is 5.54. The summed E-state index contributed by atoms with van der Waals surface area (Å²) in [5.41, 5.74) is 4.25. The van der Waals surface area contributed by atoms with Gasteiger partial charge in [0.1, 0.15) is 12.4 Å². The molecule has 0 heterocycles. The van der Waals surface area contributed by atoms with Gasteiger partial charge in [0.25, 0.3) is 0 Å². The lowest BCUT2D eigenvalue weighted by Gasteiger charge is -2.07. The van der Waals surface area contributed by atoms with E-state index in [4.69, 9.17) is 11.2 Å². The van der Waals surface area contributed by atoms with Gasteiger partial charge in [-0.05, 0) is 49.2 Å². The summed E-state index contributed by atoms with van der Waals surface area (Å²) in [6.45, 7) is 4.39. The Bertz CT molecular complexity index is 714. The summed E-state index contributed by atoms with van der Waals surface area (Å²) < 4.78 is 6.51. The van der Waals surface area contributed by atoms with Crippen LogP contribution in [0.15, 0.2) is 45.9 Å². The molecule has 0 saturated heterocycles. The Morgan fingerprint density at radius 1 is 1.29 bits per heavy atom. The molecule has 0 spiro atoms. The van der Waals surface area contributed by atoms with Crippen LogP contribution >= 0.6 is 15.9 Å². The summed E-state index contributed by atoms with van der Waals surface area (Å²) in [6, 6.07) is 11.8. The lowest BCUT2D eigenvalue weighted by atomic mass is 10.1. The summed E-state index contributed by atoms with van der Waals surface area (Å²) >= 11 is 3.46. The first kappa shape index (κ1) is 15.3. The van der Waals surface area contributed by atoms with Crippen LogP contribution in [0.5, 0.6) is 5.75 Å². The number of hydrogen-bond acceptors (Lipinski definition) is 2. The van der Waals surface area contributed by atoms with Gasteiger partial charge in [-0.1, -0.05) is 34.0 Å². The van der Waals surface area contributed by atoms with Gasteiger partial charge < -0.3 is 4.74 Å². The van der Waals surface area contributed by atoms with Crippen LogP contribution in [0, 0.1) is 26.2 Å². The van der Waals surface area contributed by atoms with Crippen molar-refractivity contribution in [2.45, 2.75) is 13.8 Å². The zero-order chi connectivity index (χ0) is 15.2. The topological polar surface area (TPSA) is 21.6 Å². The van der Waals surface area contributed by atoms with Gasteiger partial charge in [-0.15, -0.1) is 6.42 Å². The van der Waals surface area contributed by atoms with Crippen LogP contribution in [-0.4, -0.2) is 12.8 Å². The summed E-state index contributed by atoms with van der Waals surface area (Å²) in [5.74, 6) is 3.20. The van der Waals surface area contributed by atoms with E-state index in [1.807, 2.05) is 30.3 Å². The van der Waals surface area contributed by atoms with Gasteiger partial charge in [-0.25, -0.2) is 0 Å². The number of hydrogen-bond donors (Lipinski definition) is 0. The van der Waals surface area contributed by atoms with Crippen LogP contribution < -0.4 is 4.74 Å². The largest absolute Gasteiger partial charge is 0.480 e. The highest BCUT2D eigenvalue weighted by molar-refractivity contribution is 9.10. The quantitative estimate of drug-likeness (QED) is 0.576. The van der Waals surface area contributed by atoms with E-state index in [9.17, 15) is 0 Å². The van der Waals surface area contributed by atoms with Crippen molar-refractivity contribution in [3.05, 3.63) is 57.6 Å². The normalized spacial score (nSPS) is 10.6. The third-order valence-electron chi connectivity index (χ3n) is 3.20. The van der Waals surface area contributed by atoms with Crippen LogP contribution in [0.1, 0.15) is 16.7 Å². The monoisotopic (exact) mass is 341 g/mol. The first-order valence-corrected chi connectivity index (χ1v) is 7.37. The molecule has 2 nitrogen and oxygen atoms in total. The van der Waals surface area contributed by atoms with Crippen LogP contribution in [0.2, 0.25) is 0 Å². The van der Waals surface area contributed by atoms with Gasteiger partial charge in [0.15, 0.2) is 0 Å². The zero-order valence-corrected chi connectivity index (χ0v) is 13.6. The van der Waals surface area contributed by atoms with Gasteiger partial charge in [-0.2, -0.15) is 0 Å². The number of ether oxygens (including phenoxy) is 1. The summed E-state index contributed by atoms with van der Waals surface area (Å²) in [6.07, 6.45) is 7.04.